The van der Waals surface area contributed by atoms with E-state index in [-0.39, 0.29) is 12.0 Å². The predicted molar refractivity (Wildman–Crippen MR) is 67.1 cm³/mol. The van der Waals surface area contributed by atoms with E-state index < -0.39 is 0 Å². The molecular weight excluding hydrogens is 186 g/mol. The highest BCUT2D eigenvalue weighted by Gasteiger charge is 2.25. The van der Waals surface area contributed by atoms with Crippen LogP contribution in [0.15, 0.2) is 0 Å². The van der Waals surface area contributed by atoms with Crippen molar-refractivity contribution in [2.24, 2.45) is 10.8 Å². The van der Waals surface area contributed by atoms with Gasteiger partial charge < -0.3 is 10.0 Å². The highest BCUT2D eigenvalue weighted by molar-refractivity contribution is 4.78. The van der Waals surface area contributed by atoms with Crippen molar-refractivity contribution >= 4 is 0 Å². The van der Waals surface area contributed by atoms with Crippen LogP contribution in [0.3, 0.4) is 0 Å². The molecular formula is C13H29NO. The largest absolute Gasteiger partial charge is 0.396 e. The molecule has 0 aromatic carbocycles. The average Bonchev–Trinajstić information content (AvgIpc) is 2.00. The lowest BCUT2D eigenvalue weighted by molar-refractivity contribution is 0.0772. The second-order valence-electron chi connectivity index (χ2n) is 6.45. The van der Waals surface area contributed by atoms with Gasteiger partial charge >= 0.3 is 0 Å². The molecule has 15 heavy (non-hydrogen) atoms. The van der Waals surface area contributed by atoms with Gasteiger partial charge in [0.15, 0.2) is 0 Å². The SMILES string of the molecule is CCCC(C)(CO)CN(C)CC(C)(C)C. The third-order valence-electron chi connectivity index (χ3n) is 2.63. The van der Waals surface area contributed by atoms with E-state index >= 15 is 0 Å². The van der Waals surface area contributed by atoms with E-state index in [1.54, 1.807) is 0 Å². The Bertz CT molecular complexity index is 174. The molecule has 0 bridgehead atoms. The van der Waals surface area contributed by atoms with Gasteiger partial charge in [0, 0.05) is 25.1 Å². The van der Waals surface area contributed by atoms with Crippen molar-refractivity contribution in [3.8, 4) is 0 Å². The number of hydrogen-bond acceptors (Lipinski definition) is 2. The highest BCUT2D eigenvalue weighted by Crippen LogP contribution is 2.25. The molecule has 0 fully saturated rings. The van der Waals surface area contributed by atoms with Crippen LogP contribution >= 0.6 is 0 Å². The van der Waals surface area contributed by atoms with Gasteiger partial charge in [0.2, 0.25) is 0 Å². The van der Waals surface area contributed by atoms with E-state index in [1.165, 1.54) is 0 Å². The van der Waals surface area contributed by atoms with E-state index in [9.17, 15) is 5.11 Å². The quantitative estimate of drug-likeness (QED) is 0.736. The summed E-state index contributed by atoms with van der Waals surface area (Å²) in [6, 6.07) is 0. The first-order chi connectivity index (χ1) is 6.72. The molecule has 0 aromatic heterocycles. The van der Waals surface area contributed by atoms with Gasteiger partial charge in [0.25, 0.3) is 0 Å². The fourth-order valence-corrected chi connectivity index (χ4v) is 2.33. The van der Waals surface area contributed by atoms with E-state index in [4.69, 9.17) is 0 Å². The van der Waals surface area contributed by atoms with Gasteiger partial charge in [0.05, 0.1) is 0 Å². The molecule has 2 nitrogen and oxygen atoms in total. The van der Waals surface area contributed by atoms with Crippen molar-refractivity contribution in [3.63, 3.8) is 0 Å². The predicted octanol–water partition coefficient (Wildman–Crippen LogP) is 2.76. The van der Waals surface area contributed by atoms with Gasteiger partial charge in [-0.3, -0.25) is 0 Å². The molecule has 1 atom stereocenters. The average molecular weight is 215 g/mol. The molecule has 0 amide bonds. The van der Waals surface area contributed by atoms with E-state index in [1.807, 2.05) is 0 Å². The third kappa shape index (κ3) is 6.91. The molecule has 0 aliphatic carbocycles. The fraction of sp³-hybridized carbons (Fsp3) is 1.00. The number of hydrogen-bond donors (Lipinski definition) is 1. The lowest BCUT2D eigenvalue weighted by Gasteiger charge is -2.35. The Morgan fingerprint density at radius 2 is 1.60 bits per heavy atom. The van der Waals surface area contributed by atoms with Gasteiger partial charge in [-0.2, -0.15) is 0 Å². The number of rotatable bonds is 6. The molecule has 0 aromatic rings. The van der Waals surface area contributed by atoms with Crippen LogP contribution in [0.5, 0.6) is 0 Å². The van der Waals surface area contributed by atoms with Crippen molar-refractivity contribution in [2.75, 3.05) is 26.7 Å². The van der Waals surface area contributed by atoms with Gasteiger partial charge in [-0.15, -0.1) is 0 Å². The molecule has 0 saturated heterocycles. The summed E-state index contributed by atoms with van der Waals surface area (Å²) in [5, 5.41) is 9.44. The van der Waals surface area contributed by atoms with Crippen LogP contribution in [-0.4, -0.2) is 36.8 Å². The molecule has 1 N–H and O–H groups in total. The second kappa shape index (κ2) is 5.86. The Balaban J connectivity index is 4.18. The summed E-state index contributed by atoms with van der Waals surface area (Å²) < 4.78 is 0. The normalized spacial score (nSPS) is 16.8. The summed E-state index contributed by atoms with van der Waals surface area (Å²) in [5.74, 6) is 0. The molecule has 0 rings (SSSR count). The Hall–Kier alpha value is -0.0800. The van der Waals surface area contributed by atoms with Crippen molar-refractivity contribution in [1.82, 2.24) is 4.90 Å². The van der Waals surface area contributed by atoms with Crippen LogP contribution in [0.2, 0.25) is 0 Å². The van der Waals surface area contributed by atoms with Crippen molar-refractivity contribution in [1.29, 1.82) is 0 Å². The first kappa shape index (κ1) is 14.9. The van der Waals surface area contributed by atoms with Crippen LogP contribution < -0.4 is 0 Å². The summed E-state index contributed by atoms with van der Waals surface area (Å²) >= 11 is 0. The molecule has 0 radical (unpaired) electrons. The van der Waals surface area contributed by atoms with E-state index in [0.29, 0.717) is 5.41 Å². The lowest BCUT2D eigenvalue weighted by Crippen LogP contribution is -2.39. The van der Waals surface area contributed by atoms with Crippen LogP contribution in [0.4, 0.5) is 0 Å². The first-order valence-corrected chi connectivity index (χ1v) is 6.02. The van der Waals surface area contributed by atoms with Gasteiger partial charge in [-0.1, -0.05) is 41.0 Å². The molecule has 1 unspecified atom stereocenters. The summed E-state index contributed by atoms with van der Waals surface area (Å²) in [6.07, 6.45) is 2.23. The monoisotopic (exact) mass is 215 g/mol. The number of nitrogens with zero attached hydrogens (tertiary/aromatic N) is 1. The Morgan fingerprint density at radius 3 is 1.93 bits per heavy atom. The summed E-state index contributed by atoms with van der Waals surface area (Å²) in [5.41, 5.74) is 0.395. The molecule has 0 heterocycles. The molecule has 0 aliphatic rings. The summed E-state index contributed by atoms with van der Waals surface area (Å²) in [6.45, 7) is 13.4. The minimum atomic E-state index is 0.0642. The van der Waals surface area contributed by atoms with Gasteiger partial charge in [0.1, 0.15) is 0 Å². The van der Waals surface area contributed by atoms with E-state index in [2.05, 4.69) is 46.6 Å². The Labute approximate surface area is 95.7 Å². The maximum atomic E-state index is 9.44. The maximum absolute atomic E-state index is 9.44. The number of aliphatic hydroxyl groups excluding tert-OH is 1. The zero-order chi connectivity index (χ0) is 12.1. The topological polar surface area (TPSA) is 23.5 Å². The molecule has 0 aliphatic heterocycles. The summed E-state index contributed by atoms with van der Waals surface area (Å²) in [7, 11) is 2.15. The molecule has 0 saturated carbocycles. The van der Waals surface area contributed by atoms with Crippen molar-refractivity contribution in [3.05, 3.63) is 0 Å². The molecule has 2 heteroatoms. The zero-order valence-electron chi connectivity index (χ0n) is 11.4. The minimum Gasteiger partial charge on any atom is -0.396 e. The first-order valence-electron chi connectivity index (χ1n) is 6.02. The Kier molecular flexibility index (Phi) is 5.82. The summed E-state index contributed by atoms with van der Waals surface area (Å²) in [4.78, 5) is 2.34. The van der Waals surface area contributed by atoms with Crippen LogP contribution in [-0.2, 0) is 0 Å². The van der Waals surface area contributed by atoms with Crippen molar-refractivity contribution in [2.45, 2.75) is 47.5 Å². The van der Waals surface area contributed by atoms with Gasteiger partial charge in [-0.25, -0.2) is 0 Å². The van der Waals surface area contributed by atoms with Crippen molar-refractivity contribution < 1.29 is 5.11 Å². The van der Waals surface area contributed by atoms with Crippen LogP contribution in [0, 0.1) is 10.8 Å². The molecule has 92 valence electrons. The van der Waals surface area contributed by atoms with Crippen LogP contribution in [0.1, 0.15) is 47.5 Å². The smallest absolute Gasteiger partial charge is 0.0497 e. The number of aliphatic hydroxyl groups is 1. The highest BCUT2D eigenvalue weighted by atomic mass is 16.3. The van der Waals surface area contributed by atoms with Gasteiger partial charge in [-0.05, 0) is 18.9 Å². The third-order valence-corrected chi connectivity index (χ3v) is 2.63. The van der Waals surface area contributed by atoms with Crippen LogP contribution in [0.25, 0.3) is 0 Å². The zero-order valence-corrected chi connectivity index (χ0v) is 11.4. The Morgan fingerprint density at radius 1 is 1.07 bits per heavy atom. The maximum Gasteiger partial charge on any atom is 0.0497 e. The second-order valence-corrected chi connectivity index (χ2v) is 6.45. The van der Waals surface area contributed by atoms with E-state index in [0.717, 1.165) is 25.9 Å². The molecule has 0 spiro atoms. The fourth-order valence-electron chi connectivity index (χ4n) is 2.33. The lowest BCUT2D eigenvalue weighted by atomic mass is 9.85. The standard InChI is InChI=1S/C13H29NO/c1-7-8-13(5,11-15)10-14(6)9-12(2,3)4/h15H,7-11H2,1-6H3. The minimum absolute atomic E-state index is 0.0642.